The van der Waals surface area contributed by atoms with Crippen molar-refractivity contribution in [3.8, 4) is 0 Å². The van der Waals surface area contributed by atoms with E-state index in [1.807, 2.05) is 0 Å². The van der Waals surface area contributed by atoms with Crippen molar-refractivity contribution in [2.75, 3.05) is 40.0 Å². The molecule has 0 aliphatic rings. The lowest BCUT2D eigenvalue weighted by atomic mass is 10.3. The van der Waals surface area contributed by atoms with Crippen LogP contribution in [0.3, 0.4) is 0 Å². The van der Waals surface area contributed by atoms with E-state index in [0.717, 1.165) is 6.07 Å². The Morgan fingerprint density at radius 1 is 1.27 bits per heavy atom. The minimum Gasteiger partial charge on any atom is -0.385 e. The number of halogens is 1. The zero-order valence-electron chi connectivity index (χ0n) is 12.7. The van der Waals surface area contributed by atoms with Gasteiger partial charge in [-0.05, 0) is 18.6 Å². The third kappa shape index (κ3) is 5.49. The number of benzene rings is 1. The van der Waals surface area contributed by atoms with Crippen LogP contribution in [0.15, 0.2) is 41.8 Å². The van der Waals surface area contributed by atoms with Gasteiger partial charge in [-0.1, -0.05) is 18.2 Å². The average molecular weight is 331 g/mol. The van der Waals surface area contributed by atoms with Crippen LogP contribution in [-0.4, -0.2) is 52.7 Å². The number of rotatable bonds is 11. The summed E-state index contributed by atoms with van der Waals surface area (Å²) in [4.78, 5) is -0.323. The second-order valence-electron chi connectivity index (χ2n) is 4.54. The molecule has 0 aliphatic heterocycles. The molecule has 124 valence electrons. The third-order valence-corrected chi connectivity index (χ3v) is 4.86. The predicted octanol–water partition coefficient (Wildman–Crippen LogP) is 2.06. The van der Waals surface area contributed by atoms with Crippen LogP contribution in [0, 0.1) is 5.82 Å². The molecule has 0 radical (unpaired) electrons. The van der Waals surface area contributed by atoms with Crippen LogP contribution in [0.1, 0.15) is 6.42 Å². The van der Waals surface area contributed by atoms with E-state index in [1.165, 1.54) is 22.5 Å². The molecule has 0 saturated heterocycles. The molecular formula is C15H22FNO4S. The Bertz CT molecular complexity index is 562. The molecule has 0 atom stereocenters. The largest absolute Gasteiger partial charge is 0.385 e. The first-order valence-electron chi connectivity index (χ1n) is 6.96. The first-order valence-corrected chi connectivity index (χ1v) is 8.40. The molecule has 0 bridgehead atoms. The highest BCUT2D eigenvalue weighted by Gasteiger charge is 2.26. The minimum atomic E-state index is -3.90. The van der Waals surface area contributed by atoms with Crippen LogP contribution in [0.2, 0.25) is 0 Å². The fraction of sp³-hybridized carbons (Fsp3) is 0.467. The van der Waals surface area contributed by atoms with Gasteiger partial charge in [0.25, 0.3) is 0 Å². The standard InChI is InChI=1S/C15H22FNO4S/c1-3-11-21-13-10-17(9-6-12-20-2)22(18,19)15-8-5-4-7-14(15)16/h3-5,7-8H,1,6,9-13H2,2H3. The van der Waals surface area contributed by atoms with E-state index in [2.05, 4.69) is 6.58 Å². The van der Waals surface area contributed by atoms with Gasteiger partial charge in [0, 0.05) is 26.8 Å². The zero-order chi connectivity index (χ0) is 16.4. The Morgan fingerprint density at radius 3 is 2.64 bits per heavy atom. The summed E-state index contributed by atoms with van der Waals surface area (Å²) in [6.45, 7) is 4.89. The molecule has 1 rings (SSSR count). The Hall–Kier alpha value is -1.28. The van der Waals surface area contributed by atoms with Gasteiger partial charge >= 0.3 is 0 Å². The van der Waals surface area contributed by atoms with Crippen LogP contribution < -0.4 is 0 Å². The molecule has 22 heavy (non-hydrogen) atoms. The lowest BCUT2D eigenvalue weighted by Crippen LogP contribution is -2.36. The Balaban J connectivity index is 2.87. The number of sulfonamides is 1. The monoisotopic (exact) mass is 331 g/mol. The van der Waals surface area contributed by atoms with Crippen LogP contribution >= 0.6 is 0 Å². The summed E-state index contributed by atoms with van der Waals surface area (Å²) in [5.74, 6) is -0.758. The summed E-state index contributed by atoms with van der Waals surface area (Å²) in [5, 5.41) is 0. The van der Waals surface area contributed by atoms with Gasteiger partial charge in [-0.25, -0.2) is 12.8 Å². The van der Waals surface area contributed by atoms with Gasteiger partial charge in [-0.2, -0.15) is 4.31 Å². The lowest BCUT2D eigenvalue weighted by Gasteiger charge is -2.22. The fourth-order valence-corrected chi connectivity index (χ4v) is 3.39. The molecule has 0 fully saturated rings. The maximum absolute atomic E-state index is 13.8. The van der Waals surface area contributed by atoms with E-state index in [4.69, 9.17) is 9.47 Å². The van der Waals surface area contributed by atoms with Crippen LogP contribution in [-0.2, 0) is 19.5 Å². The molecule has 0 spiro atoms. The van der Waals surface area contributed by atoms with E-state index in [0.29, 0.717) is 19.6 Å². The molecule has 0 aliphatic carbocycles. The fourth-order valence-electron chi connectivity index (χ4n) is 1.86. The molecule has 0 amide bonds. The van der Waals surface area contributed by atoms with Crippen LogP contribution in [0.5, 0.6) is 0 Å². The summed E-state index contributed by atoms with van der Waals surface area (Å²) < 4.78 is 50.3. The normalized spacial score (nSPS) is 11.8. The number of ether oxygens (including phenoxy) is 2. The first kappa shape index (κ1) is 18.8. The van der Waals surface area contributed by atoms with Gasteiger partial charge in [0.1, 0.15) is 10.7 Å². The van der Waals surface area contributed by atoms with Crippen molar-refractivity contribution >= 4 is 10.0 Å². The molecule has 7 heteroatoms. The number of methoxy groups -OCH3 is 1. The Kier molecular flexibility index (Phi) is 8.26. The van der Waals surface area contributed by atoms with Crippen molar-refractivity contribution in [1.82, 2.24) is 4.31 Å². The summed E-state index contributed by atoms with van der Waals surface area (Å²) in [6.07, 6.45) is 2.10. The van der Waals surface area contributed by atoms with Crippen LogP contribution in [0.4, 0.5) is 4.39 Å². The lowest BCUT2D eigenvalue weighted by molar-refractivity contribution is 0.142. The Morgan fingerprint density at radius 2 is 2.00 bits per heavy atom. The number of nitrogens with zero attached hydrogens (tertiary/aromatic N) is 1. The molecule has 0 N–H and O–H groups in total. The third-order valence-electron chi connectivity index (χ3n) is 2.93. The molecule has 0 unspecified atom stereocenters. The van der Waals surface area contributed by atoms with E-state index in [9.17, 15) is 12.8 Å². The topological polar surface area (TPSA) is 55.8 Å². The van der Waals surface area contributed by atoms with E-state index >= 15 is 0 Å². The average Bonchev–Trinajstić information content (AvgIpc) is 2.50. The maximum Gasteiger partial charge on any atom is 0.246 e. The highest BCUT2D eigenvalue weighted by Crippen LogP contribution is 2.19. The molecule has 0 heterocycles. The highest BCUT2D eigenvalue weighted by atomic mass is 32.2. The van der Waals surface area contributed by atoms with E-state index < -0.39 is 15.8 Å². The van der Waals surface area contributed by atoms with Crippen molar-refractivity contribution in [2.24, 2.45) is 0 Å². The molecule has 1 aromatic carbocycles. The highest BCUT2D eigenvalue weighted by molar-refractivity contribution is 7.89. The van der Waals surface area contributed by atoms with Gasteiger partial charge in [0.05, 0.1) is 13.2 Å². The maximum atomic E-state index is 13.8. The minimum absolute atomic E-state index is 0.147. The van der Waals surface area contributed by atoms with Gasteiger partial charge < -0.3 is 9.47 Å². The quantitative estimate of drug-likeness (QED) is 0.460. The number of hydrogen-bond acceptors (Lipinski definition) is 4. The van der Waals surface area contributed by atoms with Crippen molar-refractivity contribution in [2.45, 2.75) is 11.3 Å². The predicted molar refractivity (Wildman–Crippen MR) is 82.7 cm³/mol. The summed E-state index contributed by atoms with van der Waals surface area (Å²) in [7, 11) is -2.36. The van der Waals surface area contributed by atoms with Crippen molar-refractivity contribution < 1.29 is 22.3 Å². The van der Waals surface area contributed by atoms with Crippen molar-refractivity contribution in [3.63, 3.8) is 0 Å². The summed E-state index contributed by atoms with van der Waals surface area (Å²) in [6, 6.07) is 5.35. The van der Waals surface area contributed by atoms with E-state index in [1.54, 1.807) is 13.2 Å². The van der Waals surface area contributed by atoms with Gasteiger partial charge in [0.15, 0.2) is 0 Å². The molecular weight excluding hydrogens is 309 g/mol. The SMILES string of the molecule is C=CCOCCN(CCCOC)S(=O)(=O)c1ccccc1F. The summed E-state index contributed by atoms with van der Waals surface area (Å²) >= 11 is 0. The van der Waals surface area contributed by atoms with Crippen molar-refractivity contribution in [3.05, 3.63) is 42.7 Å². The molecule has 0 saturated carbocycles. The molecule has 1 aromatic rings. The van der Waals surface area contributed by atoms with Gasteiger partial charge in [0.2, 0.25) is 10.0 Å². The van der Waals surface area contributed by atoms with Crippen LogP contribution in [0.25, 0.3) is 0 Å². The first-order chi connectivity index (χ1) is 10.5. The second-order valence-corrected chi connectivity index (χ2v) is 6.45. The van der Waals surface area contributed by atoms with Crippen molar-refractivity contribution in [1.29, 1.82) is 0 Å². The molecule has 5 nitrogen and oxygen atoms in total. The second kappa shape index (κ2) is 9.68. The molecule has 0 aromatic heterocycles. The van der Waals surface area contributed by atoms with Gasteiger partial charge in [-0.15, -0.1) is 6.58 Å². The smallest absolute Gasteiger partial charge is 0.246 e. The number of hydrogen-bond donors (Lipinski definition) is 0. The van der Waals surface area contributed by atoms with Gasteiger partial charge in [-0.3, -0.25) is 0 Å². The zero-order valence-corrected chi connectivity index (χ0v) is 13.5. The summed E-state index contributed by atoms with van der Waals surface area (Å²) in [5.41, 5.74) is 0. The Labute approximate surface area is 131 Å². The van der Waals surface area contributed by atoms with E-state index in [-0.39, 0.29) is 24.6 Å².